The molecule has 7 aliphatic rings. The second kappa shape index (κ2) is 20.7. The van der Waals surface area contributed by atoms with Gasteiger partial charge in [0.05, 0.1) is 61.1 Å². The largest absolute Gasteiger partial charge is 0.494 e. The van der Waals surface area contributed by atoms with Crippen molar-refractivity contribution < 1.29 is 28.2 Å². The number of aromatic amines is 2. The number of carbonyl (C=O) groups excluding carboxylic acids is 2. The number of fused-ring (bicyclic) bond motifs is 5. The summed E-state index contributed by atoms with van der Waals surface area (Å²) in [5, 5.41) is 5.84. The number of alkyl carbamates (subject to hydrolysis) is 1. The van der Waals surface area contributed by atoms with Crippen LogP contribution in [0.3, 0.4) is 0 Å². The van der Waals surface area contributed by atoms with Crippen molar-refractivity contribution >= 4 is 23.3 Å². The number of benzene rings is 1. The van der Waals surface area contributed by atoms with Gasteiger partial charge < -0.3 is 44.6 Å². The van der Waals surface area contributed by atoms with Gasteiger partial charge in [0.1, 0.15) is 29.7 Å². The summed E-state index contributed by atoms with van der Waals surface area (Å²) in [7, 11) is 1.25. The van der Waals surface area contributed by atoms with Gasteiger partial charge in [-0.1, -0.05) is 58.9 Å². The Morgan fingerprint density at radius 3 is 2.63 bits per heavy atom. The highest BCUT2D eigenvalue weighted by Gasteiger charge is 2.44. The van der Waals surface area contributed by atoms with E-state index in [4.69, 9.17) is 9.47 Å². The number of amides is 2. The maximum absolute atomic E-state index is 16.0. The number of hydrogen-bond donors (Lipinski definition) is 4. The molecule has 338 valence electrons. The van der Waals surface area contributed by atoms with E-state index in [2.05, 4.69) is 87.8 Å². The van der Waals surface area contributed by atoms with Crippen LogP contribution in [0.25, 0.3) is 22.5 Å². The van der Waals surface area contributed by atoms with Crippen LogP contribution in [0.1, 0.15) is 116 Å². The van der Waals surface area contributed by atoms with Gasteiger partial charge in [0.25, 0.3) is 0 Å². The number of aromatic nitrogens is 4. The van der Waals surface area contributed by atoms with E-state index in [-0.39, 0.29) is 30.3 Å². The molecule has 6 atom stereocenters. The molecular weight excluding hydrogens is 800 g/mol. The van der Waals surface area contributed by atoms with Crippen LogP contribution in [0, 0.1) is 23.6 Å². The molecule has 2 aromatic heterocycles. The molecule has 7 heterocycles. The zero-order valence-corrected chi connectivity index (χ0v) is 37.8. The van der Waals surface area contributed by atoms with Gasteiger partial charge in [0, 0.05) is 36.2 Å². The lowest BCUT2D eigenvalue weighted by atomic mass is 9.82. The van der Waals surface area contributed by atoms with Crippen LogP contribution >= 0.6 is 0 Å². The number of imidazole rings is 2. The standard InChI is InChI=1S/C33H36FN5O5.C8H12N2.C5H9N.C3H8/c1-18-12-20-6-5-11-43-27(20)15-22(18)32-39-19(2)8-9-25(39)30-23(34)13-21(14-28(30)44-32)24-16-35-31(37-24)26-7-4-10-38(26)29(40)17-36-33(41)42-3;1-3-7(4-2)8-5-9-6-10-8;1-2-6-5-3-4(1)5;1-3-2/h9,12-16,18,22,26,32H,2,4-8,10-11,17H2,1,3H3,(H,35,37)(H,36,41);3,5-6H,4H2,1-2H3,(H,9,10);4-6H,1-3H2;3H2,1-2H3/b;7-3+;;/t18?,22?,26-,32?;;;/m0.../s1. The predicted octanol–water partition coefficient (Wildman–Crippen LogP) is 9.41. The molecule has 2 aliphatic carbocycles. The molecule has 3 saturated heterocycles. The summed E-state index contributed by atoms with van der Waals surface area (Å²) in [6.07, 6.45) is 22.1. The number of ether oxygens (including phenoxy) is 3. The number of H-pyrrole nitrogens is 2. The number of methoxy groups -OCH3 is 1. The highest BCUT2D eigenvalue weighted by molar-refractivity contribution is 5.83. The normalized spacial score (nSPS) is 25.0. The van der Waals surface area contributed by atoms with Gasteiger partial charge in [-0.25, -0.2) is 19.2 Å². The monoisotopic (exact) mass is 865 g/mol. The van der Waals surface area contributed by atoms with Gasteiger partial charge in [0.15, 0.2) is 6.23 Å². The second-order valence-electron chi connectivity index (χ2n) is 17.1. The van der Waals surface area contributed by atoms with Crippen LogP contribution in [-0.2, 0) is 14.3 Å². The van der Waals surface area contributed by atoms with Crippen molar-refractivity contribution in [3.05, 3.63) is 102 Å². The predicted molar refractivity (Wildman–Crippen MR) is 243 cm³/mol. The van der Waals surface area contributed by atoms with Crippen molar-refractivity contribution in [2.75, 3.05) is 33.4 Å². The van der Waals surface area contributed by atoms with Gasteiger partial charge in [-0.2, -0.15) is 0 Å². The molecule has 5 aliphatic heterocycles. The highest BCUT2D eigenvalue weighted by Crippen LogP contribution is 2.49. The molecule has 0 spiro atoms. The van der Waals surface area contributed by atoms with E-state index in [0.29, 0.717) is 48.0 Å². The molecule has 63 heavy (non-hydrogen) atoms. The molecule has 5 unspecified atom stereocenters. The summed E-state index contributed by atoms with van der Waals surface area (Å²) >= 11 is 0. The fraction of sp³-hybridized carbons (Fsp3) is 0.510. The molecule has 1 saturated carbocycles. The number of nitrogens with zero attached hydrogens (tertiary/aromatic N) is 4. The van der Waals surface area contributed by atoms with Gasteiger partial charge in [-0.15, -0.1) is 0 Å². The van der Waals surface area contributed by atoms with Gasteiger partial charge >= 0.3 is 6.09 Å². The van der Waals surface area contributed by atoms with Crippen molar-refractivity contribution in [2.24, 2.45) is 17.8 Å². The summed E-state index contributed by atoms with van der Waals surface area (Å²) in [4.78, 5) is 42.9. The summed E-state index contributed by atoms with van der Waals surface area (Å²) in [6, 6.07) is 4.04. The van der Waals surface area contributed by atoms with Crippen molar-refractivity contribution in [2.45, 2.75) is 111 Å². The summed E-state index contributed by atoms with van der Waals surface area (Å²) < 4.78 is 33.2. The molecule has 14 heteroatoms. The Balaban J connectivity index is 0.000000257. The number of carbonyl (C=O) groups is 2. The zero-order chi connectivity index (χ0) is 44.6. The molecular formula is C49H65FN8O5. The maximum Gasteiger partial charge on any atom is 0.407 e. The van der Waals surface area contributed by atoms with Crippen LogP contribution in [0.2, 0.25) is 0 Å². The van der Waals surface area contributed by atoms with Crippen molar-refractivity contribution in [1.82, 2.24) is 40.4 Å². The quantitative estimate of drug-likeness (QED) is 0.182. The summed E-state index contributed by atoms with van der Waals surface area (Å²) in [6.45, 7) is 17.3. The van der Waals surface area contributed by atoms with E-state index < -0.39 is 18.1 Å². The number of allylic oxidation sites excluding steroid dienone is 5. The third-order valence-corrected chi connectivity index (χ3v) is 12.6. The number of likely N-dealkylation sites (tertiary alicyclic amines) is 1. The Morgan fingerprint density at radius 1 is 1.14 bits per heavy atom. The van der Waals surface area contributed by atoms with Crippen molar-refractivity contribution in [3.8, 4) is 17.0 Å². The Morgan fingerprint density at radius 2 is 1.97 bits per heavy atom. The minimum atomic E-state index is -0.660. The Hall–Kier alpha value is -5.63. The fourth-order valence-electron chi connectivity index (χ4n) is 9.29. The molecule has 0 radical (unpaired) electrons. The maximum atomic E-state index is 16.0. The Labute approximate surface area is 371 Å². The lowest BCUT2D eigenvalue weighted by Crippen LogP contribution is -2.46. The molecule has 1 aromatic carbocycles. The molecule has 13 nitrogen and oxygen atoms in total. The first-order valence-corrected chi connectivity index (χ1v) is 22.9. The molecule has 0 bridgehead atoms. The second-order valence-corrected chi connectivity index (χ2v) is 17.1. The van der Waals surface area contributed by atoms with Crippen LogP contribution in [0.15, 0.2) is 78.8 Å². The van der Waals surface area contributed by atoms with E-state index in [0.717, 1.165) is 66.9 Å². The summed E-state index contributed by atoms with van der Waals surface area (Å²) in [5.41, 5.74) is 7.00. The summed E-state index contributed by atoms with van der Waals surface area (Å²) in [5.74, 6) is 2.66. The molecule has 10 rings (SSSR count). The van der Waals surface area contributed by atoms with Crippen molar-refractivity contribution in [1.29, 1.82) is 0 Å². The minimum Gasteiger partial charge on any atom is -0.494 e. The van der Waals surface area contributed by atoms with E-state index in [1.54, 1.807) is 17.4 Å². The molecule has 4 fully saturated rings. The SMILES string of the molecule is C/C=C(\CC)c1cnc[nH]1.C1CC2CC2N1.C=C1CC=C2c3c(F)cc(-c4cnc([C@@H]5CCCN5C(=O)CNC(=O)OC)[nH]4)cc3OC(C3C=C4OCCCC4=CC3C)N12.CCC. The Bertz CT molecular complexity index is 2220. The lowest BCUT2D eigenvalue weighted by molar-refractivity contribution is -0.131. The topological polar surface area (TPSA) is 150 Å². The van der Waals surface area contributed by atoms with E-state index in [1.807, 2.05) is 30.2 Å². The highest BCUT2D eigenvalue weighted by atomic mass is 19.1. The minimum absolute atomic E-state index is 0.0247. The van der Waals surface area contributed by atoms with Gasteiger partial charge in [-0.3, -0.25) is 4.79 Å². The zero-order valence-electron chi connectivity index (χ0n) is 37.8. The van der Waals surface area contributed by atoms with Crippen LogP contribution < -0.4 is 15.4 Å². The molecule has 2 amide bonds. The van der Waals surface area contributed by atoms with Crippen LogP contribution in [0.5, 0.6) is 5.75 Å². The third-order valence-electron chi connectivity index (χ3n) is 12.6. The van der Waals surface area contributed by atoms with Crippen LogP contribution in [0.4, 0.5) is 9.18 Å². The van der Waals surface area contributed by atoms with E-state index >= 15 is 4.39 Å². The van der Waals surface area contributed by atoms with Crippen molar-refractivity contribution in [3.63, 3.8) is 0 Å². The average Bonchev–Trinajstić information content (AvgIpc) is 4.01. The fourth-order valence-corrected chi connectivity index (χ4v) is 9.29. The number of hydrogen-bond acceptors (Lipinski definition) is 9. The van der Waals surface area contributed by atoms with Crippen LogP contribution in [-0.4, -0.2) is 87.4 Å². The van der Waals surface area contributed by atoms with E-state index in [9.17, 15) is 9.59 Å². The number of nitrogens with one attached hydrogen (secondary N) is 4. The Kier molecular flexibility index (Phi) is 14.9. The van der Waals surface area contributed by atoms with E-state index in [1.165, 1.54) is 50.1 Å². The van der Waals surface area contributed by atoms with Gasteiger partial charge in [-0.05, 0) is 99.6 Å². The average molecular weight is 865 g/mol. The number of halogens is 1. The third kappa shape index (κ3) is 10.3. The number of piperidine rings is 1. The lowest BCUT2D eigenvalue weighted by Gasteiger charge is -2.44. The molecule has 4 N–H and O–H groups in total. The first-order chi connectivity index (χ1) is 30.6. The number of rotatable bonds is 7. The first kappa shape index (κ1) is 45.4. The first-order valence-electron chi connectivity index (χ1n) is 22.9. The smallest absolute Gasteiger partial charge is 0.407 e. The van der Waals surface area contributed by atoms with Gasteiger partial charge in [0.2, 0.25) is 5.91 Å². The molecule has 3 aromatic rings.